The van der Waals surface area contributed by atoms with Gasteiger partial charge in [0.2, 0.25) is 5.91 Å². The standard InChI is InChI=1S/C22H19FN4O/c23-18-4-1-3-17(13-18)14-25-21(28)11-8-16-6-9-19(10-7-16)27-15-26-20-5-2-12-24-22(20)27/h1-7,9-10,12-13,15H,8,11,14H2,(H,25,28). The summed E-state index contributed by atoms with van der Waals surface area (Å²) in [4.78, 5) is 20.8. The predicted octanol–water partition coefficient (Wildman–Crippen LogP) is 3.81. The van der Waals surface area contributed by atoms with E-state index in [-0.39, 0.29) is 11.7 Å². The van der Waals surface area contributed by atoms with E-state index >= 15 is 0 Å². The normalized spacial score (nSPS) is 10.9. The van der Waals surface area contributed by atoms with Gasteiger partial charge < -0.3 is 5.32 Å². The number of aryl methyl sites for hydroxylation is 1. The molecule has 0 aliphatic carbocycles. The van der Waals surface area contributed by atoms with Gasteiger partial charge in [0.05, 0.1) is 0 Å². The van der Waals surface area contributed by atoms with E-state index in [4.69, 9.17) is 0 Å². The first-order chi connectivity index (χ1) is 13.7. The molecule has 0 radical (unpaired) electrons. The number of nitrogens with one attached hydrogen (secondary N) is 1. The van der Waals surface area contributed by atoms with Crippen molar-refractivity contribution in [3.05, 3.63) is 90.1 Å². The zero-order valence-corrected chi connectivity index (χ0v) is 15.2. The number of rotatable bonds is 6. The summed E-state index contributed by atoms with van der Waals surface area (Å²) < 4.78 is 15.1. The van der Waals surface area contributed by atoms with Crippen LogP contribution in [-0.4, -0.2) is 20.4 Å². The number of halogens is 1. The molecule has 2 aromatic heterocycles. The van der Waals surface area contributed by atoms with Crippen LogP contribution in [0.2, 0.25) is 0 Å². The summed E-state index contributed by atoms with van der Waals surface area (Å²) >= 11 is 0. The highest BCUT2D eigenvalue weighted by atomic mass is 19.1. The van der Waals surface area contributed by atoms with Gasteiger partial charge in [-0.05, 0) is 53.9 Å². The van der Waals surface area contributed by atoms with Crippen molar-refractivity contribution in [3.63, 3.8) is 0 Å². The Morgan fingerprint density at radius 3 is 2.68 bits per heavy atom. The van der Waals surface area contributed by atoms with Crippen molar-refractivity contribution in [1.29, 1.82) is 0 Å². The van der Waals surface area contributed by atoms with Gasteiger partial charge in [-0.1, -0.05) is 24.3 Å². The predicted molar refractivity (Wildman–Crippen MR) is 105 cm³/mol. The van der Waals surface area contributed by atoms with Crippen LogP contribution in [0.1, 0.15) is 17.5 Å². The van der Waals surface area contributed by atoms with Crippen LogP contribution in [-0.2, 0) is 17.8 Å². The second-order valence-corrected chi connectivity index (χ2v) is 6.53. The van der Waals surface area contributed by atoms with Gasteiger partial charge in [0.25, 0.3) is 0 Å². The molecule has 140 valence electrons. The lowest BCUT2D eigenvalue weighted by Crippen LogP contribution is -2.23. The first kappa shape index (κ1) is 17.9. The minimum Gasteiger partial charge on any atom is -0.352 e. The Kier molecular flexibility index (Phi) is 5.10. The number of imidazole rings is 1. The SMILES string of the molecule is O=C(CCc1ccc(-n2cnc3cccnc32)cc1)NCc1cccc(F)c1. The van der Waals surface area contributed by atoms with Gasteiger partial charge in [0, 0.05) is 24.8 Å². The molecule has 0 atom stereocenters. The quantitative estimate of drug-likeness (QED) is 0.558. The topological polar surface area (TPSA) is 59.8 Å². The Morgan fingerprint density at radius 2 is 1.86 bits per heavy atom. The van der Waals surface area contributed by atoms with E-state index < -0.39 is 0 Å². The van der Waals surface area contributed by atoms with Crippen LogP contribution in [0.15, 0.2) is 73.2 Å². The van der Waals surface area contributed by atoms with Crippen LogP contribution in [0.5, 0.6) is 0 Å². The average Bonchev–Trinajstić information content (AvgIpc) is 3.15. The van der Waals surface area contributed by atoms with E-state index in [0.29, 0.717) is 19.4 Å². The zero-order chi connectivity index (χ0) is 19.3. The van der Waals surface area contributed by atoms with Gasteiger partial charge in [-0.2, -0.15) is 0 Å². The summed E-state index contributed by atoms with van der Waals surface area (Å²) in [5, 5.41) is 2.82. The molecule has 0 spiro atoms. The summed E-state index contributed by atoms with van der Waals surface area (Å²) in [6.45, 7) is 0.330. The van der Waals surface area contributed by atoms with Crippen molar-refractivity contribution in [1.82, 2.24) is 19.9 Å². The molecule has 0 aliphatic rings. The van der Waals surface area contributed by atoms with E-state index in [1.54, 1.807) is 24.7 Å². The minimum atomic E-state index is -0.298. The van der Waals surface area contributed by atoms with E-state index in [1.807, 2.05) is 41.0 Å². The van der Waals surface area contributed by atoms with Crippen LogP contribution >= 0.6 is 0 Å². The van der Waals surface area contributed by atoms with Crippen molar-refractivity contribution in [3.8, 4) is 5.69 Å². The molecule has 0 aliphatic heterocycles. The number of carbonyl (C=O) groups excluding carboxylic acids is 1. The molecular weight excluding hydrogens is 355 g/mol. The van der Waals surface area contributed by atoms with Crippen molar-refractivity contribution < 1.29 is 9.18 Å². The fraction of sp³-hybridized carbons (Fsp3) is 0.136. The molecule has 4 rings (SSSR count). The Morgan fingerprint density at radius 1 is 1.00 bits per heavy atom. The number of fused-ring (bicyclic) bond motifs is 1. The largest absolute Gasteiger partial charge is 0.352 e. The summed E-state index contributed by atoms with van der Waals surface area (Å²) in [5.41, 5.74) is 4.45. The highest BCUT2D eigenvalue weighted by Crippen LogP contribution is 2.17. The molecule has 28 heavy (non-hydrogen) atoms. The Bertz CT molecular complexity index is 1100. The van der Waals surface area contributed by atoms with Gasteiger partial charge in [-0.3, -0.25) is 9.36 Å². The second kappa shape index (κ2) is 8.00. The minimum absolute atomic E-state index is 0.0573. The number of carbonyl (C=O) groups is 1. The maximum atomic E-state index is 13.2. The fourth-order valence-electron chi connectivity index (χ4n) is 3.06. The Labute approximate surface area is 161 Å². The molecule has 1 amide bonds. The van der Waals surface area contributed by atoms with Crippen molar-refractivity contribution >= 4 is 17.1 Å². The molecule has 0 unspecified atom stereocenters. The second-order valence-electron chi connectivity index (χ2n) is 6.53. The first-order valence-corrected chi connectivity index (χ1v) is 9.07. The highest BCUT2D eigenvalue weighted by Gasteiger charge is 2.06. The number of amides is 1. The van der Waals surface area contributed by atoms with Crippen LogP contribution in [0.3, 0.4) is 0 Å². The monoisotopic (exact) mass is 374 g/mol. The van der Waals surface area contributed by atoms with Crippen LogP contribution in [0, 0.1) is 5.82 Å². The lowest BCUT2D eigenvalue weighted by atomic mass is 10.1. The van der Waals surface area contributed by atoms with E-state index in [2.05, 4.69) is 15.3 Å². The third-order valence-corrected chi connectivity index (χ3v) is 4.54. The van der Waals surface area contributed by atoms with Gasteiger partial charge in [-0.15, -0.1) is 0 Å². The molecule has 0 bridgehead atoms. The molecule has 2 heterocycles. The summed E-state index contributed by atoms with van der Waals surface area (Å²) in [5.74, 6) is -0.356. The Hall–Kier alpha value is -3.54. The number of benzene rings is 2. The van der Waals surface area contributed by atoms with Crippen molar-refractivity contribution in [2.75, 3.05) is 0 Å². The van der Waals surface area contributed by atoms with Crippen LogP contribution < -0.4 is 5.32 Å². The number of pyridine rings is 1. The van der Waals surface area contributed by atoms with Crippen molar-refractivity contribution in [2.24, 2.45) is 0 Å². The number of aromatic nitrogens is 3. The Balaban J connectivity index is 1.34. The number of hydrogen-bond acceptors (Lipinski definition) is 3. The third-order valence-electron chi connectivity index (χ3n) is 4.54. The molecule has 0 saturated heterocycles. The maximum Gasteiger partial charge on any atom is 0.220 e. The summed E-state index contributed by atoms with van der Waals surface area (Å²) in [6.07, 6.45) is 4.52. The highest BCUT2D eigenvalue weighted by molar-refractivity contribution is 5.76. The summed E-state index contributed by atoms with van der Waals surface area (Å²) in [7, 11) is 0. The zero-order valence-electron chi connectivity index (χ0n) is 15.2. The number of hydrogen-bond donors (Lipinski definition) is 1. The molecular formula is C22H19FN4O. The smallest absolute Gasteiger partial charge is 0.220 e. The molecule has 0 fully saturated rings. The number of nitrogens with zero attached hydrogens (tertiary/aromatic N) is 3. The fourth-order valence-corrected chi connectivity index (χ4v) is 3.06. The first-order valence-electron chi connectivity index (χ1n) is 9.07. The van der Waals surface area contributed by atoms with Gasteiger partial charge in [0.1, 0.15) is 17.7 Å². The third kappa shape index (κ3) is 4.06. The summed E-state index contributed by atoms with van der Waals surface area (Å²) in [6, 6.07) is 18.0. The molecule has 4 aromatic rings. The molecule has 1 N–H and O–H groups in total. The van der Waals surface area contributed by atoms with E-state index in [0.717, 1.165) is 28.0 Å². The lowest BCUT2D eigenvalue weighted by Gasteiger charge is -2.07. The van der Waals surface area contributed by atoms with Gasteiger partial charge in [0.15, 0.2) is 5.65 Å². The average molecular weight is 374 g/mol. The molecule has 6 heteroatoms. The van der Waals surface area contributed by atoms with Crippen LogP contribution in [0.4, 0.5) is 4.39 Å². The molecule has 0 saturated carbocycles. The molecule has 2 aromatic carbocycles. The van der Waals surface area contributed by atoms with E-state index in [9.17, 15) is 9.18 Å². The van der Waals surface area contributed by atoms with Gasteiger partial charge in [-0.25, -0.2) is 14.4 Å². The lowest BCUT2D eigenvalue weighted by molar-refractivity contribution is -0.121. The van der Waals surface area contributed by atoms with Crippen LogP contribution in [0.25, 0.3) is 16.9 Å². The van der Waals surface area contributed by atoms with Crippen molar-refractivity contribution in [2.45, 2.75) is 19.4 Å². The van der Waals surface area contributed by atoms with E-state index in [1.165, 1.54) is 12.1 Å². The maximum absolute atomic E-state index is 13.2. The molecule has 5 nitrogen and oxygen atoms in total. The van der Waals surface area contributed by atoms with Gasteiger partial charge >= 0.3 is 0 Å².